The van der Waals surface area contributed by atoms with E-state index in [1.807, 2.05) is 47.0 Å². The summed E-state index contributed by atoms with van der Waals surface area (Å²) in [6.07, 6.45) is 1.82. The van der Waals surface area contributed by atoms with Crippen molar-refractivity contribution in [2.24, 2.45) is 5.16 Å². The van der Waals surface area contributed by atoms with Crippen LogP contribution in [0.1, 0.15) is 26.3 Å². The molecule has 0 aliphatic rings. The zero-order chi connectivity index (χ0) is 29.2. The van der Waals surface area contributed by atoms with Gasteiger partial charge in [0.25, 0.3) is 0 Å². The third-order valence-electron chi connectivity index (χ3n) is 6.79. The van der Waals surface area contributed by atoms with Crippen molar-refractivity contribution >= 4 is 51.1 Å². The molecule has 0 saturated carbocycles. The number of carbonyl (C=O) groups is 4. The molecule has 4 aromatic carbocycles. The average molecular weight is 556 g/mol. The highest BCUT2D eigenvalue weighted by molar-refractivity contribution is 6.67. The number of para-hydroxylation sites is 1. The van der Waals surface area contributed by atoms with E-state index in [1.165, 1.54) is 18.5 Å². The highest BCUT2D eigenvalue weighted by Crippen LogP contribution is 2.34. The van der Waals surface area contributed by atoms with Crippen LogP contribution in [0.2, 0.25) is 0 Å². The minimum atomic E-state index is -1.65. The third kappa shape index (κ3) is 4.75. The van der Waals surface area contributed by atoms with Crippen LogP contribution in [0.3, 0.4) is 0 Å². The summed E-state index contributed by atoms with van der Waals surface area (Å²) in [5.74, 6) is -2.75. The number of aliphatic carboxylic acids is 1. The maximum Gasteiger partial charge on any atom is 0.444 e. The smallest absolute Gasteiger partial charge is 0.444 e. The van der Waals surface area contributed by atoms with Crippen molar-refractivity contribution in [2.45, 2.75) is 0 Å². The number of Topliss-reactive ketones (excluding diaryl/α,β-unsaturated/α-hetero) is 1. The average Bonchev–Trinajstić information content (AvgIpc) is 3.68. The van der Waals surface area contributed by atoms with Gasteiger partial charge in [0.1, 0.15) is 0 Å². The molecule has 0 radical (unpaired) electrons. The molecular weight excluding hydrogens is 534 g/mol. The quantitative estimate of drug-likeness (QED) is 0.0833. The number of carboxylic acids is 1. The van der Waals surface area contributed by atoms with E-state index in [2.05, 4.69) is 5.16 Å². The van der Waals surface area contributed by atoms with Crippen LogP contribution in [0.25, 0.3) is 27.5 Å². The van der Waals surface area contributed by atoms with Crippen LogP contribution >= 0.6 is 0 Å². The fraction of sp³-hybridized carbons (Fsp3) is 0. The molecule has 204 valence electrons. The van der Waals surface area contributed by atoms with Gasteiger partial charge in [0, 0.05) is 45.5 Å². The van der Waals surface area contributed by atoms with Gasteiger partial charge >= 0.3 is 12.1 Å². The number of fused-ring (bicyclic) bond motifs is 3. The van der Waals surface area contributed by atoms with Gasteiger partial charge in [-0.05, 0) is 60.7 Å². The lowest BCUT2D eigenvalue weighted by molar-refractivity contribution is -0.129. The maximum absolute atomic E-state index is 13.3. The predicted octanol–water partition coefficient (Wildman–Crippen LogP) is 6.12. The summed E-state index contributed by atoms with van der Waals surface area (Å²) >= 11 is 0. The number of rotatable bonds is 7. The molecule has 9 heteroatoms. The van der Waals surface area contributed by atoms with Crippen molar-refractivity contribution in [3.63, 3.8) is 0 Å². The molecule has 0 aliphatic carbocycles. The van der Waals surface area contributed by atoms with Crippen molar-refractivity contribution in [3.8, 4) is 5.69 Å². The van der Waals surface area contributed by atoms with Gasteiger partial charge in [0.2, 0.25) is 11.5 Å². The number of carbonyl (C=O) groups excluding carboxylic acids is 3. The Morgan fingerprint density at radius 2 is 1.21 bits per heavy atom. The monoisotopic (exact) mass is 555 g/mol. The first kappa shape index (κ1) is 26.1. The second-order valence-corrected chi connectivity index (χ2v) is 9.35. The van der Waals surface area contributed by atoms with Gasteiger partial charge < -0.3 is 9.67 Å². The molecule has 1 N–H and O–H groups in total. The number of nitrogens with zero attached hydrogens (tertiary/aromatic N) is 3. The van der Waals surface area contributed by atoms with E-state index in [4.69, 9.17) is 4.84 Å². The van der Waals surface area contributed by atoms with E-state index < -0.39 is 23.6 Å². The van der Waals surface area contributed by atoms with Crippen molar-refractivity contribution in [1.29, 1.82) is 0 Å². The van der Waals surface area contributed by atoms with Crippen LogP contribution in [-0.2, 0) is 9.63 Å². The van der Waals surface area contributed by atoms with Crippen LogP contribution in [0.5, 0.6) is 0 Å². The molecule has 0 aliphatic heterocycles. The van der Waals surface area contributed by atoms with Crippen LogP contribution < -0.4 is 0 Å². The first-order chi connectivity index (χ1) is 20.4. The Labute approximate surface area is 238 Å². The number of ketones is 2. The molecule has 6 rings (SSSR count). The van der Waals surface area contributed by atoms with Crippen molar-refractivity contribution < 1.29 is 29.1 Å². The van der Waals surface area contributed by atoms with E-state index in [0.29, 0.717) is 21.9 Å². The van der Waals surface area contributed by atoms with E-state index in [1.54, 1.807) is 60.7 Å². The molecule has 0 bridgehead atoms. The Bertz CT molecular complexity index is 2020. The second kappa shape index (κ2) is 10.8. The zero-order valence-electron chi connectivity index (χ0n) is 21.9. The van der Waals surface area contributed by atoms with Gasteiger partial charge in [0.05, 0.1) is 11.0 Å². The second-order valence-electron chi connectivity index (χ2n) is 9.35. The number of hydrogen-bond donors (Lipinski definition) is 1. The number of benzene rings is 4. The lowest BCUT2D eigenvalue weighted by atomic mass is 10.00. The predicted molar refractivity (Wildman–Crippen MR) is 156 cm³/mol. The number of hydrogen-bond acceptors (Lipinski definition) is 6. The Kier molecular flexibility index (Phi) is 6.74. The van der Waals surface area contributed by atoms with Gasteiger partial charge in [-0.1, -0.05) is 53.7 Å². The van der Waals surface area contributed by atoms with Crippen molar-refractivity contribution in [3.05, 3.63) is 138 Å². The summed E-state index contributed by atoms with van der Waals surface area (Å²) in [7, 11) is 0. The molecule has 42 heavy (non-hydrogen) atoms. The van der Waals surface area contributed by atoms with Crippen LogP contribution in [0.4, 0.5) is 4.79 Å². The highest BCUT2D eigenvalue weighted by Gasteiger charge is 2.25. The molecular formula is C33H21N3O6. The van der Waals surface area contributed by atoms with Gasteiger partial charge in [-0.15, -0.1) is 0 Å². The number of oxime groups is 1. The van der Waals surface area contributed by atoms with Crippen LogP contribution in [0, 0.1) is 0 Å². The molecule has 2 heterocycles. The summed E-state index contributed by atoms with van der Waals surface area (Å²) in [5, 5.41) is 14.4. The lowest BCUT2D eigenvalue weighted by Gasteiger charge is -2.08. The summed E-state index contributed by atoms with van der Waals surface area (Å²) in [5.41, 5.74) is 2.46. The van der Waals surface area contributed by atoms with E-state index in [9.17, 15) is 24.3 Å². The molecule has 2 aromatic heterocycles. The normalized spacial score (nSPS) is 11.5. The first-order valence-electron chi connectivity index (χ1n) is 12.9. The number of carboxylic acid groups (broad SMARTS) is 1. The Balaban J connectivity index is 1.48. The molecule has 0 amide bonds. The summed E-state index contributed by atoms with van der Waals surface area (Å²) in [6, 6.07) is 31.8. The van der Waals surface area contributed by atoms with Gasteiger partial charge in [-0.2, -0.15) is 0 Å². The van der Waals surface area contributed by atoms with Crippen molar-refractivity contribution in [1.82, 2.24) is 9.13 Å². The van der Waals surface area contributed by atoms with Crippen molar-refractivity contribution in [2.75, 3.05) is 0 Å². The van der Waals surface area contributed by atoms with Crippen LogP contribution in [-0.4, -0.2) is 43.6 Å². The zero-order valence-corrected chi connectivity index (χ0v) is 21.9. The van der Waals surface area contributed by atoms with E-state index in [0.717, 1.165) is 21.3 Å². The number of aromatic nitrogens is 2. The molecule has 0 atom stereocenters. The fourth-order valence-corrected chi connectivity index (χ4v) is 4.82. The standard InChI is InChI=1S/C33H21N3O6/c37-30(21-9-3-1-4-10-21)22-13-15-27-25(19-22)26-20-23(14-16-28(26)36(27)24-11-5-2-6-12-24)31(38)29(32(39)40)34-42-33(41)35-17-7-8-18-35/h1-20H,(H,39,40)/b34-29-. The van der Waals surface area contributed by atoms with Crippen LogP contribution in [0.15, 0.2) is 127 Å². The molecule has 0 saturated heterocycles. The first-order valence-corrected chi connectivity index (χ1v) is 12.9. The van der Waals surface area contributed by atoms with E-state index in [-0.39, 0.29) is 11.3 Å². The Hall–Kier alpha value is -6.09. The SMILES string of the molecule is O=C(O)/C(=N\OC(=O)n1cccc1)C(=O)c1ccc2c(c1)c1cc(C(=O)c3ccccc3)ccc1n2-c1ccccc1. The Morgan fingerprint density at radius 1 is 0.643 bits per heavy atom. The van der Waals surface area contributed by atoms with Gasteiger partial charge in [-0.3, -0.25) is 19.0 Å². The largest absolute Gasteiger partial charge is 0.476 e. The Morgan fingerprint density at radius 3 is 1.83 bits per heavy atom. The molecule has 6 aromatic rings. The summed E-state index contributed by atoms with van der Waals surface area (Å²) in [6.45, 7) is 0. The van der Waals surface area contributed by atoms with Gasteiger partial charge in [-0.25, -0.2) is 9.59 Å². The summed E-state index contributed by atoms with van der Waals surface area (Å²) in [4.78, 5) is 55.4. The fourth-order valence-electron chi connectivity index (χ4n) is 4.82. The molecule has 9 nitrogen and oxygen atoms in total. The third-order valence-corrected chi connectivity index (χ3v) is 6.79. The minimum Gasteiger partial charge on any atom is -0.476 e. The van der Waals surface area contributed by atoms with Gasteiger partial charge in [0.15, 0.2) is 5.78 Å². The maximum atomic E-state index is 13.3. The molecule has 0 spiro atoms. The lowest BCUT2D eigenvalue weighted by Crippen LogP contribution is -2.25. The van der Waals surface area contributed by atoms with E-state index >= 15 is 0 Å². The molecule has 0 fully saturated rings. The topological polar surface area (TPSA) is 120 Å². The minimum absolute atomic E-state index is 0.0209. The summed E-state index contributed by atoms with van der Waals surface area (Å²) < 4.78 is 3.05. The molecule has 0 unspecified atom stereocenters. The highest BCUT2D eigenvalue weighted by atomic mass is 16.7.